The Bertz CT molecular complexity index is 915. The van der Waals surface area contributed by atoms with E-state index in [0.29, 0.717) is 36.5 Å². The highest BCUT2D eigenvalue weighted by molar-refractivity contribution is 5.77. The van der Waals surface area contributed by atoms with E-state index in [1.807, 2.05) is 23.7 Å². The number of aryl methyl sites for hydroxylation is 1. The maximum absolute atomic E-state index is 11.8. The maximum atomic E-state index is 11.8. The summed E-state index contributed by atoms with van der Waals surface area (Å²) >= 11 is 0. The summed E-state index contributed by atoms with van der Waals surface area (Å²) in [6, 6.07) is 5.99. The Morgan fingerprint density at radius 3 is 3.00 bits per heavy atom. The van der Waals surface area contributed by atoms with Crippen LogP contribution >= 0.6 is 0 Å². The fourth-order valence-electron chi connectivity index (χ4n) is 6.26. The van der Waals surface area contributed by atoms with Crippen molar-refractivity contribution in [3.05, 3.63) is 46.8 Å². The van der Waals surface area contributed by atoms with Gasteiger partial charge in [0.25, 0.3) is 0 Å². The van der Waals surface area contributed by atoms with Crippen molar-refractivity contribution in [1.82, 2.24) is 9.78 Å². The van der Waals surface area contributed by atoms with Gasteiger partial charge in [-0.05, 0) is 78.7 Å². The fraction of sp³-hybridized carbons (Fsp3) is 0.565. The lowest BCUT2D eigenvalue weighted by atomic mass is 9.55. The third kappa shape index (κ3) is 2.49. The largest absolute Gasteiger partial charge is 0.508 e. The summed E-state index contributed by atoms with van der Waals surface area (Å²) in [6.07, 6.45) is 8.43. The highest BCUT2D eigenvalue weighted by atomic mass is 16.3. The second-order valence-electron chi connectivity index (χ2n) is 9.05. The first-order valence-electron chi connectivity index (χ1n) is 10.4. The molecule has 142 valence electrons. The predicted octanol–water partition coefficient (Wildman–Crippen LogP) is 4.14. The molecule has 0 radical (unpaired) electrons. The summed E-state index contributed by atoms with van der Waals surface area (Å²) < 4.78 is 1.88. The van der Waals surface area contributed by atoms with Gasteiger partial charge in [0.1, 0.15) is 5.75 Å². The molecule has 4 atom stereocenters. The van der Waals surface area contributed by atoms with E-state index in [4.69, 9.17) is 5.10 Å². The molecular weight excluding hydrogens is 336 g/mol. The van der Waals surface area contributed by atoms with Crippen LogP contribution in [-0.4, -0.2) is 20.7 Å². The van der Waals surface area contributed by atoms with Crippen LogP contribution < -0.4 is 0 Å². The van der Waals surface area contributed by atoms with E-state index >= 15 is 0 Å². The van der Waals surface area contributed by atoms with Crippen molar-refractivity contribution in [1.29, 1.82) is 0 Å². The predicted molar refractivity (Wildman–Crippen MR) is 104 cm³/mol. The van der Waals surface area contributed by atoms with Crippen molar-refractivity contribution >= 4 is 5.78 Å². The Morgan fingerprint density at radius 2 is 2.19 bits per heavy atom. The number of ketones is 1. The molecule has 1 N–H and O–H groups in total. The lowest BCUT2D eigenvalue weighted by Crippen LogP contribution is -2.43. The number of phenolic OH excluding ortho intramolecular Hbond substituents is 1. The van der Waals surface area contributed by atoms with Crippen LogP contribution in [-0.2, 0) is 29.6 Å². The van der Waals surface area contributed by atoms with Gasteiger partial charge in [-0.1, -0.05) is 19.9 Å². The minimum Gasteiger partial charge on any atom is -0.508 e. The number of nitrogens with zero attached hydrogens (tertiary/aromatic N) is 2. The van der Waals surface area contributed by atoms with Crippen molar-refractivity contribution in [3.63, 3.8) is 0 Å². The van der Waals surface area contributed by atoms with Gasteiger partial charge in [0.05, 0.1) is 12.2 Å². The molecule has 1 aromatic carbocycles. The third-order valence-corrected chi connectivity index (χ3v) is 7.65. The van der Waals surface area contributed by atoms with Crippen molar-refractivity contribution in [2.75, 3.05) is 0 Å². The number of carbonyl (C=O) groups is 1. The molecule has 2 aromatic rings. The molecule has 3 unspecified atom stereocenters. The first kappa shape index (κ1) is 17.0. The summed E-state index contributed by atoms with van der Waals surface area (Å²) in [5.41, 5.74) is 5.58. The average Bonchev–Trinajstić information content (AvgIpc) is 3.17. The molecule has 0 spiro atoms. The number of carbonyl (C=O) groups excluding carboxylic acids is 1. The van der Waals surface area contributed by atoms with E-state index in [-0.39, 0.29) is 11.2 Å². The van der Waals surface area contributed by atoms with Gasteiger partial charge in [-0.15, -0.1) is 0 Å². The van der Waals surface area contributed by atoms with Crippen LogP contribution in [0.15, 0.2) is 24.4 Å². The number of hydrogen-bond acceptors (Lipinski definition) is 3. The summed E-state index contributed by atoms with van der Waals surface area (Å²) in [5, 5.41) is 14.7. The molecule has 5 rings (SSSR count). The van der Waals surface area contributed by atoms with E-state index in [0.717, 1.165) is 19.3 Å². The second-order valence-corrected chi connectivity index (χ2v) is 9.05. The first-order chi connectivity index (χ1) is 13.0. The van der Waals surface area contributed by atoms with Gasteiger partial charge < -0.3 is 5.11 Å². The summed E-state index contributed by atoms with van der Waals surface area (Å²) in [6.45, 7) is 4.73. The Hall–Kier alpha value is -2.10. The minimum atomic E-state index is 0.144. The standard InChI is InChI=1S/C23H28N2O2/c1-3-16(26)13-25-12-15-11-21-20-6-4-14-10-17(27)5-7-18(14)19(20)8-9-23(21,2)22(15)24-25/h5,7,10,12,19-21,27H,3-4,6,8-9,11,13H2,1-2H3/t19?,20?,21?,23-/m0/s1. The molecule has 0 aliphatic heterocycles. The number of aromatic hydroxyl groups is 1. The van der Waals surface area contributed by atoms with Crippen LogP contribution in [0.5, 0.6) is 5.75 Å². The molecule has 4 nitrogen and oxygen atoms in total. The molecule has 3 aliphatic carbocycles. The lowest BCUT2D eigenvalue weighted by Gasteiger charge is -2.49. The van der Waals surface area contributed by atoms with Crippen LogP contribution in [0, 0.1) is 11.8 Å². The van der Waals surface area contributed by atoms with Crippen LogP contribution in [0.3, 0.4) is 0 Å². The molecule has 1 heterocycles. The zero-order chi connectivity index (χ0) is 18.8. The first-order valence-corrected chi connectivity index (χ1v) is 10.4. The van der Waals surface area contributed by atoms with Gasteiger partial charge >= 0.3 is 0 Å². The molecule has 3 aliphatic rings. The van der Waals surface area contributed by atoms with Crippen molar-refractivity contribution < 1.29 is 9.90 Å². The molecule has 27 heavy (non-hydrogen) atoms. The van der Waals surface area contributed by atoms with E-state index in [1.54, 1.807) is 0 Å². The Labute approximate surface area is 160 Å². The smallest absolute Gasteiger partial charge is 0.154 e. The fourth-order valence-corrected chi connectivity index (χ4v) is 6.26. The minimum absolute atomic E-state index is 0.144. The molecule has 0 amide bonds. The van der Waals surface area contributed by atoms with Gasteiger partial charge in [-0.2, -0.15) is 5.10 Å². The second kappa shape index (κ2) is 5.95. The highest BCUT2D eigenvalue weighted by Gasteiger charge is 2.54. The SMILES string of the molecule is CCC(=O)Cn1cc2c(n1)[C@@]1(C)CCC3c4ccc(O)cc4CCC3C1C2. The van der Waals surface area contributed by atoms with Crippen LogP contribution in [0.25, 0.3) is 0 Å². The summed E-state index contributed by atoms with van der Waals surface area (Å²) in [4.78, 5) is 11.8. The van der Waals surface area contributed by atoms with E-state index in [2.05, 4.69) is 19.2 Å². The van der Waals surface area contributed by atoms with Crippen molar-refractivity contribution in [2.45, 2.75) is 70.3 Å². The van der Waals surface area contributed by atoms with Crippen LogP contribution in [0.4, 0.5) is 0 Å². The molecule has 4 heteroatoms. The number of aromatic nitrogens is 2. The Morgan fingerprint density at radius 1 is 1.33 bits per heavy atom. The topological polar surface area (TPSA) is 55.1 Å². The van der Waals surface area contributed by atoms with Crippen molar-refractivity contribution in [3.8, 4) is 5.75 Å². The quantitative estimate of drug-likeness (QED) is 0.891. The molecule has 1 fully saturated rings. The van der Waals surface area contributed by atoms with E-state index < -0.39 is 0 Å². The Kier molecular flexibility index (Phi) is 3.75. The normalized spacial score (nSPS) is 31.0. The number of rotatable bonds is 3. The van der Waals surface area contributed by atoms with E-state index in [9.17, 15) is 9.90 Å². The van der Waals surface area contributed by atoms with Gasteiger partial charge in [-0.25, -0.2) is 0 Å². The average molecular weight is 364 g/mol. The van der Waals surface area contributed by atoms with Gasteiger partial charge in [0, 0.05) is 18.0 Å². The molecular formula is C23H28N2O2. The molecule has 0 bridgehead atoms. The van der Waals surface area contributed by atoms with E-state index in [1.165, 1.54) is 35.2 Å². The van der Waals surface area contributed by atoms with Gasteiger partial charge in [0.2, 0.25) is 0 Å². The molecule has 1 aromatic heterocycles. The third-order valence-electron chi connectivity index (χ3n) is 7.65. The molecule has 1 saturated carbocycles. The Balaban J connectivity index is 1.45. The number of Topliss-reactive ketones (excluding diaryl/α,β-unsaturated/α-hetero) is 1. The van der Waals surface area contributed by atoms with Crippen LogP contribution in [0.2, 0.25) is 0 Å². The summed E-state index contributed by atoms with van der Waals surface area (Å²) in [5.74, 6) is 2.59. The van der Waals surface area contributed by atoms with Gasteiger partial charge in [0.15, 0.2) is 5.78 Å². The molecule has 0 saturated heterocycles. The number of phenols is 1. The highest BCUT2D eigenvalue weighted by Crippen LogP contribution is 2.59. The van der Waals surface area contributed by atoms with Crippen molar-refractivity contribution in [2.24, 2.45) is 11.8 Å². The maximum Gasteiger partial charge on any atom is 0.154 e. The van der Waals surface area contributed by atoms with Gasteiger partial charge in [-0.3, -0.25) is 9.48 Å². The lowest BCUT2D eigenvalue weighted by molar-refractivity contribution is -0.119. The van der Waals surface area contributed by atoms with Crippen LogP contribution in [0.1, 0.15) is 67.8 Å². The number of fused-ring (bicyclic) bond motifs is 7. The monoisotopic (exact) mass is 364 g/mol. The number of hydrogen-bond donors (Lipinski definition) is 1. The summed E-state index contributed by atoms with van der Waals surface area (Å²) in [7, 11) is 0. The number of benzene rings is 1. The zero-order valence-corrected chi connectivity index (χ0v) is 16.2. The zero-order valence-electron chi connectivity index (χ0n) is 16.2.